The van der Waals surface area contributed by atoms with Crippen molar-refractivity contribution < 1.29 is 0 Å². The molecule has 0 aliphatic carbocycles. The lowest BCUT2D eigenvalue weighted by Crippen LogP contribution is -2.22. The second kappa shape index (κ2) is 13.0. The molecule has 0 unspecified atom stereocenters. The van der Waals surface area contributed by atoms with Crippen molar-refractivity contribution in [3.63, 3.8) is 0 Å². The minimum absolute atomic E-state index is 0.483. The molecule has 1 nitrogen and oxygen atoms in total. The van der Waals surface area contributed by atoms with Gasteiger partial charge in [0, 0.05) is 17.9 Å². The van der Waals surface area contributed by atoms with Crippen LogP contribution in [-0.2, 0) is 6.42 Å². The average molecular weight is 364 g/mol. The maximum Gasteiger partial charge on any atom is 0.0410 e. The molecular weight excluding hydrogens is 326 g/mol. The molecule has 146 valence electrons. The second-order valence-electron chi connectivity index (χ2n) is 7.11. The summed E-state index contributed by atoms with van der Waals surface area (Å²) >= 11 is 0. The van der Waals surface area contributed by atoms with E-state index < -0.39 is 0 Å². The van der Waals surface area contributed by atoms with E-state index >= 15 is 0 Å². The van der Waals surface area contributed by atoms with Crippen molar-refractivity contribution in [3.8, 4) is 0 Å². The number of aryl methyl sites for hydroxylation is 1. The molecule has 0 heterocycles. The maximum absolute atomic E-state index is 3.78. The third-order valence-corrected chi connectivity index (χ3v) is 4.65. The molecule has 0 atom stereocenters. The molecule has 0 N–H and O–H groups in total. The molecule has 0 aliphatic heterocycles. The summed E-state index contributed by atoms with van der Waals surface area (Å²) in [7, 11) is 0. The molecule has 0 bridgehead atoms. The predicted molar refractivity (Wildman–Crippen MR) is 123 cm³/mol. The number of unbranched alkanes of at least 4 members (excludes halogenated alkanes) is 1. The smallest absolute Gasteiger partial charge is 0.0410 e. The molecule has 1 heteroatoms. The molecule has 0 radical (unpaired) electrons. The summed E-state index contributed by atoms with van der Waals surface area (Å²) in [5.41, 5.74) is 5.25. The Morgan fingerprint density at radius 1 is 1.22 bits per heavy atom. The largest absolute Gasteiger partial charge is 0.345 e. The molecule has 0 spiro atoms. The van der Waals surface area contributed by atoms with E-state index in [-0.39, 0.29) is 0 Å². The van der Waals surface area contributed by atoms with Crippen molar-refractivity contribution in [1.82, 2.24) is 0 Å². The van der Waals surface area contributed by atoms with Gasteiger partial charge < -0.3 is 4.90 Å². The highest BCUT2D eigenvalue weighted by Crippen LogP contribution is 2.22. The molecule has 0 aromatic heterocycles. The van der Waals surface area contributed by atoms with Gasteiger partial charge in [0.15, 0.2) is 0 Å². The number of benzene rings is 1. The number of allylic oxidation sites excluding steroid dienone is 9. The van der Waals surface area contributed by atoms with Crippen LogP contribution in [0.3, 0.4) is 0 Å². The number of hydrogen-bond acceptors (Lipinski definition) is 1. The zero-order valence-corrected chi connectivity index (χ0v) is 17.9. The van der Waals surface area contributed by atoms with Gasteiger partial charge in [-0.1, -0.05) is 75.9 Å². The van der Waals surface area contributed by atoms with Crippen LogP contribution in [0.15, 0.2) is 84.6 Å². The molecule has 1 rings (SSSR count). The van der Waals surface area contributed by atoms with E-state index in [4.69, 9.17) is 0 Å². The first-order valence-corrected chi connectivity index (χ1v) is 10.2. The van der Waals surface area contributed by atoms with Crippen LogP contribution < -0.4 is 4.90 Å². The first-order chi connectivity index (χ1) is 13.0. The van der Waals surface area contributed by atoms with E-state index in [9.17, 15) is 0 Å². The molecule has 0 fully saturated rings. The Hall–Kier alpha value is -2.28. The lowest BCUT2D eigenvalue weighted by atomic mass is 10.0. The van der Waals surface area contributed by atoms with Crippen LogP contribution in [-0.4, -0.2) is 6.54 Å². The summed E-state index contributed by atoms with van der Waals surface area (Å²) in [6.07, 6.45) is 18.2. The van der Waals surface area contributed by atoms with Crippen molar-refractivity contribution >= 4 is 5.69 Å². The van der Waals surface area contributed by atoms with Gasteiger partial charge in [-0.15, -0.1) is 0 Å². The Morgan fingerprint density at radius 3 is 2.63 bits per heavy atom. The lowest BCUT2D eigenvalue weighted by Gasteiger charge is -2.26. The van der Waals surface area contributed by atoms with Crippen molar-refractivity contribution in [1.29, 1.82) is 0 Å². The van der Waals surface area contributed by atoms with Gasteiger partial charge in [0.05, 0.1) is 0 Å². The Morgan fingerprint density at radius 2 is 2.00 bits per heavy atom. The van der Waals surface area contributed by atoms with Gasteiger partial charge in [0.2, 0.25) is 0 Å². The zero-order valence-electron chi connectivity index (χ0n) is 17.9. The summed E-state index contributed by atoms with van der Waals surface area (Å²) in [6.45, 7) is 15.8. The highest BCUT2D eigenvalue weighted by Gasteiger charge is 2.09. The van der Waals surface area contributed by atoms with E-state index in [1.807, 2.05) is 12.2 Å². The number of anilines is 1. The van der Waals surface area contributed by atoms with Crippen LogP contribution in [0.25, 0.3) is 0 Å². The van der Waals surface area contributed by atoms with Gasteiger partial charge in [0.25, 0.3) is 0 Å². The van der Waals surface area contributed by atoms with Gasteiger partial charge >= 0.3 is 0 Å². The number of hydrogen-bond donors (Lipinski definition) is 0. The van der Waals surface area contributed by atoms with Gasteiger partial charge in [-0.2, -0.15) is 0 Å². The SMILES string of the molecule is C=C/C=C/C(=C/C=C(\C)N(CCC/C=C\C)c1cccc(CC)c1)C(C)C. The van der Waals surface area contributed by atoms with Crippen LogP contribution in [0.1, 0.15) is 53.0 Å². The van der Waals surface area contributed by atoms with Crippen molar-refractivity contribution in [2.24, 2.45) is 5.92 Å². The Balaban J connectivity index is 3.14. The highest BCUT2D eigenvalue weighted by atomic mass is 15.1. The molecular formula is C26H37N. The van der Waals surface area contributed by atoms with Gasteiger partial charge in [-0.25, -0.2) is 0 Å². The Bertz CT molecular complexity index is 686. The predicted octanol–water partition coefficient (Wildman–Crippen LogP) is 7.64. The average Bonchev–Trinajstić information content (AvgIpc) is 2.67. The van der Waals surface area contributed by atoms with Crippen LogP contribution >= 0.6 is 0 Å². The first kappa shape index (κ1) is 22.8. The van der Waals surface area contributed by atoms with Gasteiger partial charge in [0.1, 0.15) is 0 Å². The fraction of sp³-hybridized carbons (Fsp3) is 0.385. The minimum atomic E-state index is 0.483. The fourth-order valence-electron chi connectivity index (χ4n) is 2.91. The highest BCUT2D eigenvalue weighted by molar-refractivity contribution is 5.54. The van der Waals surface area contributed by atoms with Crippen LogP contribution in [0.5, 0.6) is 0 Å². The molecule has 1 aromatic carbocycles. The summed E-state index contributed by atoms with van der Waals surface area (Å²) in [6, 6.07) is 8.91. The third kappa shape index (κ3) is 8.30. The Kier molecular flexibility index (Phi) is 10.9. The third-order valence-electron chi connectivity index (χ3n) is 4.65. The minimum Gasteiger partial charge on any atom is -0.345 e. The van der Waals surface area contributed by atoms with E-state index in [2.05, 4.69) is 101 Å². The summed E-state index contributed by atoms with van der Waals surface area (Å²) in [5.74, 6) is 0.483. The normalized spacial score (nSPS) is 13.1. The number of rotatable bonds is 11. The van der Waals surface area contributed by atoms with Crippen molar-refractivity contribution in [2.45, 2.75) is 53.9 Å². The summed E-state index contributed by atoms with van der Waals surface area (Å²) < 4.78 is 0. The molecule has 0 amide bonds. The van der Waals surface area contributed by atoms with E-state index in [0.29, 0.717) is 5.92 Å². The topological polar surface area (TPSA) is 3.24 Å². The summed E-state index contributed by atoms with van der Waals surface area (Å²) in [4.78, 5) is 2.44. The van der Waals surface area contributed by atoms with Crippen molar-refractivity contribution in [2.75, 3.05) is 11.4 Å². The first-order valence-electron chi connectivity index (χ1n) is 10.2. The summed E-state index contributed by atoms with van der Waals surface area (Å²) in [5, 5.41) is 0. The molecule has 0 saturated heterocycles. The zero-order chi connectivity index (χ0) is 20.1. The monoisotopic (exact) mass is 363 g/mol. The van der Waals surface area contributed by atoms with Crippen LogP contribution in [0.2, 0.25) is 0 Å². The van der Waals surface area contributed by atoms with Crippen LogP contribution in [0.4, 0.5) is 5.69 Å². The van der Waals surface area contributed by atoms with Gasteiger partial charge in [-0.05, 0) is 68.4 Å². The molecule has 1 aromatic rings. The van der Waals surface area contributed by atoms with Crippen LogP contribution in [0, 0.1) is 5.92 Å². The molecule has 27 heavy (non-hydrogen) atoms. The maximum atomic E-state index is 3.78. The van der Waals surface area contributed by atoms with E-state index in [0.717, 1.165) is 25.8 Å². The van der Waals surface area contributed by atoms with E-state index in [1.54, 1.807) is 0 Å². The second-order valence-corrected chi connectivity index (χ2v) is 7.11. The van der Waals surface area contributed by atoms with E-state index in [1.165, 1.54) is 22.5 Å². The molecule has 0 saturated carbocycles. The quantitative estimate of drug-likeness (QED) is 0.222. The number of nitrogens with zero attached hydrogens (tertiary/aromatic N) is 1. The Labute approximate surface area is 167 Å². The lowest BCUT2D eigenvalue weighted by molar-refractivity contribution is 0.788. The van der Waals surface area contributed by atoms with Crippen molar-refractivity contribution in [3.05, 3.63) is 90.2 Å². The fourth-order valence-corrected chi connectivity index (χ4v) is 2.91. The molecule has 0 aliphatic rings. The standard InChI is InChI=1S/C26H37N/c1-7-10-12-13-20-27(26-17-14-15-24(9-3)21-26)23(6)18-19-25(22(4)5)16-11-8-2/h7-8,10-11,14-19,21-22H,2,9,12-13,20H2,1,3-6H3/b10-7-,16-11+,23-18+,25-19-. The van der Waals surface area contributed by atoms with Gasteiger partial charge in [-0.3, -0.25) is 0 Å².